The van der Waals surface area contributed by atoms with Crippen LogP contribution in [-0.2, 0) is 25.6 Å². The van der Waals surface area contributed by atoms with E-state index in [9.17, 15) is 29.4 Å². The molecule has 2 aromatic rings. The highest BCUT2D eigenvalue weighted by Crippen LogP contribution is 2.21. The number of carboxylic acids is 1. The van der Waals surface area contributed by atoms with Gasteiger partial charge >= 0.3 is 5.97 Å². The molecule has 11 N–H and O–H groups in total. The summed E-state index contributed by atoms with van der Waals surface area (Å²) in [4.78, 5) is 58.9. The second-order valence-corrected chi connectivity index (χ2v) is 9.45. The Morgan fingerprint density at radius 1 is 1.15 bits per heavy atom. The summed E-state index contributed by atoms with van der Waals surface area (Å²) in [7, 11) is 0. The van der Waals surface area contributed by atoms with Gasteiger partial charge in [-0.2, -0.15) is 0 Å². The Balaban J connectivity index is 1.61. The smallest absolute Gasteiger partial charge is 0.326 e. The van der Waals surface area contributed by atoms with Crippen molar-refractivity contribution >= 4 is 40.6 Å². The first-order chi connectivity index (χ1) is 18.6. The normalized spacial score (nSPS) is 17.3. The number of aliphatic hydroxyl groups excluding tert-OH is 1. The van der Waals surface area contributed by atoms with E-state index < -0.39 is 54.5 Å². The summed E-state index contributed by atoms with van der Waals surface area (Å²) in [5.74, 6) is -3.20. The van der Waals surface area contributed by atoms with E-state index >= 15 is 0 Å². The zero-order valence-electron chi connectivity index (χ0n) is 21.5. The van der Waals surface area contributed by atoms with E-state index in [4.69, 9.17) is 17.2 Å². The quantitative estimate of drug-likeness (QED) is 0.0798. The number of nitrogens with one attached hydrogen (secondary N) is 3. The average Bonchev–Trinajstić information content (AvgIpc) is 3.56. The molecule has 14 nitrogen and oxygen atoms in total. The maximum atomic E-state index is 13.2. The standard InChI is InChI=1S/C25H36N8O6/c26-16(6-3-9-29-25(27)28)21(35)32-19(13-34)23(37)33-10-4-8-20(33)22(36)31-18(24(38)39)11-14-12-30-17-7-2-1-5-15(14)17/h1-2,5,7,12,16,18-20,30,34H,3-4,6,8-11,13,26H2,(H,31,36)(H,32,35)(H,38,39)(H4,27,28,29). The van der Waals surface area contributed by atoms with Crippen LogP contribution >= 0.6 is 0 Å². The van der Waals surface area contributed by atoms with Crippen LogP contribution in [0.5, 0.6) is 0 Å². The number of para-hydroxylation sites is 1. The Bertz CT molecular complexity index is 1210. The lowest BCUT2D eigenvalue weighted by Crippen LogP contribution is -2.58. The number of H-pyrrole nitrogens is 1. The zero-order chi connectivity index (χ0) is 28.5. The number of nitrogens with zero attached hydrogens (tertiary/aromatic N) is 2. The van der Waals surface area contributed by atoms with Gasteiger partial charge in [0, 0.05) is 36.6 Å². The minimum Gasteiger partial charge on any atom is -0.480 e. The Kier molecular flexibility index (Phi) is 10.2. The maximum Gasteiger partial charge on any atom is 0.326 e. The van der Waals surface area contributed by atoms with Crippen molar-refractivity contribution in [3.63, 3.8) is 0 Å². The molecule has 1 fully saturated rings. The van der Waals surface area contributed by atoms with Crippen molar-refractivity contribution in [1.29, 1.82) is 0 Å². The Morgan fingerprint density at radius 2 is 1.90 bits per heavy atom. The number of aromatic amines is 1. The fourth-order valence-corrected chi connectivity index (χ4v) is 4.61. The highest BCUT2D eigenvalue weighted by Gasteiger charge is 2.39. The SMILES string of the molecule is NC(N)=NCCCC(N)C(=O)NC(CO)C(=O)N1CCCC1C(=O)NC(Cc1c[nH]c2ccccc12)C(=O)O. The lowest BCUT2D eigenvalue weighted by molar-refractivity contribution is -0.145. The first kappa shape index (κ1) is 29.4. The van der Waals surface area contributed by atoms with Crippen molar-refractivity contribution in [1.82, 2.24) is 20.5 Å². The molecule has 0 saturated carbocycles. The summed E-state index contributed by atoms with van der Waals surface area (Å²) in [5.41, 5.74) is 18.0. The Morgan fingerprint density at radius 3 is 2.59 bits per heavy atom. The van der Waals surface area contributed by atoms with Gasteiger partial charge in [-0.05, 0) is 37.3 Å². The highest BCUT2D eigenvalue weighted by molar-refractivity contribution is 5.95. The molecule has 0 radical (unpaired) electrons. The van der Waals surface area contributed by atoms with Gasteiger partial charge in [-0.1, -0.05) is 18.2 Å². The third kappa shape index (κ3) is 7.67. The molecule has 4 unspecified atom stereocenters. The number of guanidine groups is 1. The van der Waals surface area contributed by atoms with Crippen LogP contribution in [0.1, 0.15) is 31.2 Å². The fourth-order valence-electron chi connectivity index (χ4n) is 4.61. The van der Waals surface area contributed by atoms with Gasteiger partial charge in [-0.15, -0.1) is 0 Å². The van der Waals surface area contributed by atoms with Gasteiger partial charge in [0.1, 0.15) is 18.1 Å². The Labute approximate surface area is 225 Å². The van der Waals surface area contributed by atoms with E-state index in [-0.39, 0.29) is 31.9 Å². The van der Waals surface area contributed by atoms with Crippen molar-refractivity contribution in [3.8, 4) is 0 Å². The number of carbonyl (C=O) groups is 4. The minimum atomic E-state index is -1.31. The van der Waals surface area contributed by atoms with Crippen molar-refractivity contribution < 1.29 is 29.4 Å². The highest BCUT2D eigenvalue weighted by atomic mass is 16.4. The number of aliphatic hydroxyl groups is 1. The first-order valence-corrected chi connectivity index (χ1v) is 12.7. The second kappa shape index (κ2) is 13.6. The van der Waals surface area contributed by atoms with Crippen LogP contribution in [-0.4, -0.2) is 93.6 Å². The summed E-state index contributed by atoms with van der Waals surface area (Å²) in [5, 5.41) is 25.4. The lowest BCUT2D eigenvalue weighted by Gasteiger charge is -2.29. The van der Waals surface area contributed by atoms with Gasteiger partial charge < -0.3 is 47.9 Å². The van der Waals surface area contributed by atoms with E-state index in [0.717, 1.165) is 16.5 Å². The topological polar surface area (TPSA) is 242 Å². The van der Waals surface area contributed by atoms with E-state index in [1.165, 1.54) is 4.90 Å². The number of aliphatic carboxylic acids is 1. The van der Waals surface area contributed by atoms with Gasteiger partial charge in [0.05, 0.1) is 12.6 Å². The van der Waals surface area contributed by atoms with Gasteiger partial charge in [-0.25, -0.2) is 4.79 Å². The number of amides is 3. The molecule has 1 aliphatic rings. The van der Waals surface area contributed by atoms with Crippen LogP contribution < -0.4 is 27.8 Å². The molecule has 0 spiro atoms. The van der Waals surface area contributed by atoms with E-state index in [2.05, 4.69) is 20.6 Å². The molecule has 1 aliphatic heterocycles. The molecular weight excluding hydrogens is 508 g/mol. The number of rotatable bonds is 13. The van der Waals surface area contributed by atoms with Gasteiger partial charge in [0.25, 0.3) is 0 Å². The number of aromatic nitrogens is 1. The Hall–Kier alpha value is -4.17. The lowest BCUT2D eigenvalue weighted by atomic mass is 10.0. The molecule has 4 atom stereocenters. The predicted octanol–water partition coefficient (Wildman–Crippen LogP) is -1.87. The largest absolute Gasteiger partial charge is 0.480 e. The molecule has 3 rings (SSSR count). The van der Waals surface area contributed by atoms with Gasteiger partial charge in [0.15, 0.2) is 5.96 Å². The van der Waals surface area contributed by atoms with Crippen LogP contribution in [0.15, 0.2) is 35.5 Å². The summed E-state index contributed by atoms with van der Waals surface area (Å²) >= 11 is 0. The van der Waals surface area contributed by atoms with Crippen molar-refractivity contribution in [3.05, 3.63) is 36.0 Å². The van der Waals surface area contributed by atoms with Crippen LogP contribution in [0.4, 0.5) is 0 Å². The molecular formula is C25H36N8O6. The number of likely N-dealkylation sites (tertiary alicyclic amines) is 1. The van der Waals surface area contributed by atoms with E-state index in [0.29, 0.717) is 19.3 Å². The molecule has 39 heavy (non-hydrogen) atoms. The number of carbonyl (C=O) groups excluding carboxylic acids is 3. The van der Waals surface area contributed by atoms with Crippen LogP contribution in [0, 0.1) is 0 Å². The molecule has 1 saturated heterocycles. The molecule has 2 heterocycles. The number of benzene rings is 1. The summed E-state index contributed by atoms with van der Waals surface area (Å²) < 4.78 is 0. The maximum absolute atomic E-state index is 13.2. The van der Waals surface area contributed by atoms with Crippen molar-refractivity contribution in [2.24, 2.45) is 22.2 Å². The molecule has 0 aliphatic carbocycles. The zero-order valence-corrected chi connectivity index (χ0v) is 21.5. The minimum absolute atomic E-state index is 0.0438. The third-order valence-electron chi connectivity index (χ3n) is 6.65. The van der Waals surface area contributed by atoms with Crippen LogP contribution in [0.3, 0.4) is 0 Å². The molecule has 1 aromatic heterocycles. The summed E-state index contributed by atoms with van der Waals surface area (Å²) in [6, 6.07) is 2.99. The molecule has 212 valence electrons. The molecule has 0 bridgehead atoms. The number of nitrogens with two attached hydrogens (primary N) is 3. The fraction of sp³-hybridized carbons (Fsp3) is 0.480. The summed E-state index contributed by atoms with van der Waals surface area (Å²) in [6.07, 6.45) is 3.24. The third-order valence-corrected chi connectivity index (χ3v) is 6.65. The average molecular weight is 545 g/mol. The van der Waals surface area contributed by atoms with Gasteiger partial charge in [0.2, 0.25) is 17.7 Å². The van der Waals surface area contributed by atoms with Crippen molar-refractivity contribution in [2.45, 2.75) is 56.3 Å². The van der Waals surface area contributed by atoms with Crippen molar-refractivity contribution in [2.75, 3.05) is 19.7 Å². The second-order valence-electron chi connectivity index (χ2n) is 9.45. The number of aliphatic imine (C=N–C) groups is 1. The molecule has 1 aromatic carbocycles. The molecule has 14 heteroatoms. The predicted molar refractivity (Wildman–Crippen MR) is 143 cm³/mol. The van der Waals surface area contributed by atoms with Crippen LogP contribution in [0.2, 0.25) is 0 Å². The first-order valence-electron chi connectivity index (χ1n) is 12.7. The summed E-state index contributed by atoms with van der Waals surface area (Å²) in [6.45, 7) is -0.198. The van der Waals surface area contributed by atoms with Crippen LogP contribution in [0.25, 0.3) is 10.9 Å². The number of fused-ring (bicyclic) bond motifs is 1. The van der Waals surface area contributed by atoms with E-state index in [1.807, 2.05) is 24.3 Å². The van der Waals surface area contributed by atoms with E-state index in [1.54, 1.807) is 6.20 Å². The number of hydrogen-bond acceptors (Lipinski definition) is 7. The number of carboxylic acid groups (broad SMARTS) is 1. The van der Waals surface area contributed by atoms with Gasteiger partial charge in [-0.3, -0.25) is 19.4 Å². The monoisotopic (exact) mass is 544 g/mol. The number of hydrogen-bond donors (Lipinski definition) is 8. The molecule has 3 amide bonds.